The van der Waals surface area contributed by atoms with Crippen molar-refractivity contribution in [1.82, 2.24) is 14.6 Å². The fourth-order valence-corrected chi connectivity index (χ4v) is 4.07. The van der Waals surface area contributed by atoms with Crippen molar-refractivity contribution in [3.05, 3.63) is 54.0 Å². The lowest BCUT2D eigenvalue weighted by Gasteiger charge is -2.16. The maximum Gasteiger partial charge on any atom is 0.237 e. The van der Waals surface area contributed by atoms with Gasteiger partial charge in [0.2, 0.25) is 5.91 Å². The van der Waals surface area contributed by atoms with Crippen molar-refractivity contribution >= 4 is 40.0 Å². The number of fused-ring (bicyclic) bond motifs is 3. The van der Waals surface area contributed by atoms with Crippen LogP contribution in [0.3, 0.4) is 0 Å². The highest BCUT2D eigenvalue weighted by Gasteiger charge is 2.22. The summed E-state index contributed by atoms with van der Waals surface area (Å²) in [5.41, 5.74) is 4.52. The summed E-state index contributed by atoms with van der Waals surface area (Å²) in [7, 11) is 0. The number of furan rings is 1. The molecular weight excluding hydrogens is 360 g/mol. The summed E-state index contributed by atoms with van der Waals surface area (Å²) in [6.07, 6.45) is 2.34. The van der Waals surface area contributed by atoms with Gasteiger partial charge in [-0.25, -0.2) is 0 Å². The van der Waals surface area contributed by atoms with Crippen LogP contribution in [0.25, 0.3) is 16.6 Å². The van der Waals surface area contributed by atoms with Crippen molar-refractivity contribution in [2.24, 2.45) is 0 Å². The van der Waals surface area contributed by atoms with E-state index in [1.807, 2.05) is 61.6 Å². The number of carbonyl (C=O) groups is 1. The van der Waals surface area contributed by atoms with Crippen molar-refractivity contribution < 1.29 is 9.21 Å². The summed E-state index contributed by atoms with van der Waals surface area (Å²) in [6.45, 7) is 5.88. The van der Waals surface area contributed by atoms with E-state index in [-0.39, 0.29) is 11.2 Å². The molecule has 0 spiro atoms. The summed E-state index contributed by atoms with van der Waals surface area (Å²) in [4.78, 5) is 12.8. The van der Waals surface area contributed by atoms with Gasteiger partial charge in [0, 0.05) is 17.8 Å². The number of carbonyl (C=O) groups excluding carboxylic acids is 1. The molecule has 27 heavy (non-hydrogen) atoms. The van der Waals surface area contributed by atoms with Crippen molar-refractivity contribution in [3.8, 4) is 0 Å². The monoisotopic (exact) mass is 380 g/mol. The molecular formula is C20H20N4O2S. The van der Waals surface area contributed by atoms with Gasteiger partial charge >= 0.3 is 0 Å². The van der Waals surface area contributed by atoms with Crippen molar-refractivity contribution in [2.45, 2.75) is 37.5 Å². The number of aryl methyl sites for hydroxylation is 2. The van der Waals surface area contributed by atoms with Crippen LogP contribution in [0, 0.1) is 13.8 Å². The van der Waals surface area contributed by atoms with Crippen molar-refractivity contribution in [3.63, 3.8) is 0 Å². The molecule has 3 aromatic heterocycles. The van der Waals surface area contributed by atoms with Crippen LogP contribution < -0.4 is 5.32 Å². The second-order valence-corrected chi connectivity index (χ2v) is 7.60. The van der Waals surface area contributed by atoms with Gasteiger partial charge in [-0.15, -0.1) is 10.2 Å². The zero-order valence-electron chi connectivity index (χ0n) is 15.4. The molecule has 1 N–H and O–H groups in total. The number of thioether (sulfide) groups is 1. The molecule has 0 saturated carbocycles. The fourth-order valence-electron chi connectivity index (χ4n) is 3.11. The second-order valence-electron chi connectivity index (χ2n) is 6.41. The Kier molecular flexibility index (Phi) is 4.61. The minimum atomic E-state index is -0.272. The van der Waals surface area contributed by atoms with E-state index >= 15 is 0 Å². The van der Waals surface area contributed by atoms with Gasteiger partial charge in [0.15, 0.2) is 5.58 Å². The molecule has 1 atom stereocenters. The van der Waals surface area contributed by atoms with E-state index in [1.165, 1.54) is 11.8 Å². The fraction of sp³-hybridized carbons (Fsp3) is 0.250. The first-order chi connectivity index (χ1) is 13.1. The van der Waals surface area contributed by atoms with Crippen LogP contribution in [0.5, 0.6) is 0 Å². The first-order valence-corrected chi connectivity index (χ1v) is 9.71. The van der Waals surface area contributed by atoms with Crippen molar-refractivity contribution in [1.29, 1.82) is 0 Å². The number of rotatable bonds is 5. The maximum atomic E-state index is 12.8. The third kappa shape index (κ3) is 3.19. The van der Waals surface area contributed by atoms with Crippen LogP contribution in [-0.4, -0.2) is 25.8 Å². The maximum absolute atomic E-state index is 12.8. The van der Waals surface area contributed by atoms with Gasteiger partial charge in [0.25, 0.3) is 0 Å². The number of benzene rings is 1. The molecule has 0 saturated heterocycles. The van der Waals surface area contributed by atoms with E-state index < -0.39 is 0 Å². The predicted octanol–water partition coefficient (Wildman–Crippen LogP) is 4.60. The number of hydrogen-bond acceptors (Lipinski definition) is 5. The van der Waals surface area contributed by atoms with E-state index in [9.17, 15) is 4.79 Å². The zero-order chi connectivity index (χ0) is 19.0. The third-order valence-corrected chi connectivity index (χ3v) is 5.92. The molecule has 0 aliphatic carbocycles. The Labute approximate surface area is 161 Å². The molecule has 3 heterocycles. The summed E-state index contributed by atoms with van der Waals surface area (Å²) in [5, 5.41) is 12.1. The topological polar surface area (TPSA) is 72.4 Å². The second kappa shape index (κ2) is 7.08. The van der Waals surface area contributed by atoms with E-state index in [4.69, 9.17) is 4.42 Å². The van der Waals surface area contributed by atoms with Gasteiger partial charge in [-0.3, -0.25) is 9.20 Å². The zero-order valence-corrected chi connectivity index (χ0v) is 16.2. The summed E-state index contributed by atoms with van der Waals surface area (Å²) in [5.74, 6) is 0.746. The molecule has 4 rings (SSSR count). The van der Waals surface area contributed by atoms with Gasteiger partial charge in [-0.05, 0) is 31.9 Å². The van der Waals surface area contributed by atoms with Gasteiger partial charge in [0.1, 0.15) is 10.9 Å². The van der Waals surface area contributed by atoms with Crippen LogP contribution in [-0.2, 0) is 4.79 Å². The molecule has 0 unspecified atom stereocenters. The minimum absolute atomic E-state index is 0.0347. The molecule has 0 aliphatic rings. The van der Waals surface area contributed by atoms with Gasteiger partial charge in [-0.2, -0.15) is 0 Å². The average Bonchev–Trinajstić information content (AvgIpc) is 3.24. The van der Waals surface area contributed by atoms with Crippen LogP contribution in [0.2, 0.25) is 0 Å². The molecule has 1 amide bonds. The van der Waals surface area contributed by atoms with Crippen LogP contribution in [0.15, 0.2) is 52.1 Å². The van der Waals surface area contributed by atoms with Crippen molar-refractivity contribution in [2.75, 3.05) is 5.32 Å². The first-order valence-electron chi connectivity index (χ1n) is 8.83. The number of para-hydroxylation sites is 1. The minimum Gasteiger partial charge on any atom is -0.463 e. The molecule has 0 bridgehead atoms. The lowest BCUT2D eigenvalue weighted by molar-refractivity contribution is -0.115. The molecule has 138 valence electrons. The van der Waals surface area contributed by atoms with Gasteiger partial charge in [0.05, 0.1) is 22.5 Å². The summed E-state index contributed by atoms with van der Waals surface area (Å²) >= 11 is 1.43. The quantitative estimate of drug-likeness (QED) is 0.512. The third-order valence-electron chi connectivity index (χ3n) is 4.57. The Hall–Kier alpha value is -2.80. The Morgan fingerprint density at radius 1 is 1.22 bits per heavy atom. The Morgan fingerprint density at radius 3 is 2.81 bits per heavy atom. The molecule has 0 aliphatic heterocycles. The molecule has 0 radical (unpaired) electrons. The summed E-state index contributed by atoms with van der Waals surface area (Å²) < 4.78 is 7.53. The molecule has 7 heteroatoms. The Balaban J connectivity index is 1.64. The number of aromatic nitrogens is 3. The lowest BCUT2D eigenvalue weighted by Crippen LogP contribution is -2.25. The van der Waals surface area contributed by atoms with Gasteiger partial charge in [-0.1, -0.05) is 36.9 Å². The van der Waals surface area contributed by atoms with Gasteiger partial charge < -0.3 is 9.73 Å². The van der Waals surface area contributed by atoms with E-state index in [2.05, 4.69) is 15.5 Å². The number of anilines is 1. The van der Waals surface area contributed by atoms with E-state index in [0.717, 1.165) is 38.7 Å². The number of nitrogens with zero attached hydrogens (tertiary/aromatic N) is 3. The highest BCUT2D eigenvalue weighted by Crippen LogP contribution is 2.32. The predicted molar refractivity (Wildman–Crippen MR) is 107 cm³/mol. The normalized spacial score (nSPS) is 12.6. The molecule has 1 aromatic carbocycles. The van der Waals surface area contributed by atoms with Crippen LogP contribution >= 0.6 is 11.8 Å². The number of hydrogen-bond donors (Lipinski definition) is 1. The summed E-state index contributed by atoms with van der Waals surface area (Å²) in [6, 6.07) is 11.6. The molecule has 0 fully saturated rings. The Morgan fingerprint density at radius 2 is 2.04 bits per heavy atom. The SMILES string of the molecule is CC[C@H](Sc1nnc(C)n2c1cc1occc12)C(=O)Nc1ccccc1C. The number of amides is 1. The number of nitrogens with one attached hydrogen (secondary N) is 1. The smallest absolute Gasteiger partial charge is 0.237 e. The highest BCUT2D eigenvalue weighted by atomic mass is 32.2. The average molecular weight is 380 g/mol. The Bertz CT molecular complexity index is 1130. The van der Waals surface area contributed by atoms with Crippen LogP contribution in [0.1, 0.15) is 24.7 Å². The lowest BCUT2D eigenvalue weighted by atomic mass is 10.2. The molecule has 6 nitrogen and oxygen atoms in total. The molecule has 4 aromatic rings. The van der Waals surface area contributed by atoms with E-state index in [0.29, 0.717) is 6.42 Å². The standard InChI is InChI=1S/C20H20N4O2S/c1-4-18(19(25)21-14-8-6-5-7-12(14)2)27-20-16-11-17-15(9-10-26-17)24(16)13(3)22-23-20/h5-11,18H,4H2,1-3H3,(H,21,25)/t18-/m0/s1. The van der Waals surface area contributed by atoms with Crippen LogP contribution in [0.4, 0.5) is 5.69 Å². The van der Waals surface area contributed by atoms with E-state index in [1.54, 1.807) is 6.26 Å². The first kappa shape index (κ1) is 17.6. The highest BCUT2D eigenvalue weighted by molar-refractivity contribution is 8.00. The largest absolute Gasteiger partial charge is 0.463 e.